The summed E-state index contributed by atoms with van der Waals surface area (Å²) in [6, 6.07) is 5.18. The van der Waals surface area contributed by atoms with E-state index in [2.05, 4.69) is 9.97 Å². The molecule has 24 heavy (non-hydrogen) atoms. The van der Waals surface area contributed by atoms with Gasteiger partial charge in [-0.15, -0.1) is 0 Å². The van der Waals surface area contributed by atoms with Crippen molar-refractivity contribution in [2.24, 2.45) is 11.8 Å². The van der Waals surface area contributed by atoms with Gasteiger partial charge in [-0.3, -0.25) is 14.6 Å². The molecular weight excluding hydrogens is 322 g/mol. The van der Waals surface area contributed by atoms with Crippen LogP contribution in [0.4, 0.5) is 0 Å². The minimum atomic E-state index is -0.226. The predicted octanol–water partition coefficient (Wildman–Crippen LogP) is 3.24. The molecule has 0 spiro atoms. The van der Waals surface area contributed by atoms with Crippen molar-refractivity contribution in [3.63, 3.8) is 0 Å². The lowest BCUT2D eigenvalue weighted by Gasteiger charge is -2.41. The molecule has 2 fully saturated rings. The van der Waals surface area contributed by atoms with Crippen molar-refractivity contribution < 1.29 is 4.79 Å². The Morgan fingerprint density at radius 1 is 1.12 bits per heavy atom. The molecule has 126 valence electrons. The van der Waals surface area contributed by atoms with E-state index in [1.165, 1.54) is 25.7 Å². The first-order valence-electron chi connectivity index (χ1n) is 8.67. The lowest BCUT2D eigenvalue weighted by Crippen LogP contribution is -2.44. The number of carbonyl (C=O) groups is 1. The fourth-order valence-corrected chi connectivity index (χ4v) is 4.47. The van der Waals surface area contributed by atoms with Crippen LogP contribution in [-0.2, 0) is 0 Å². The fourth-order valence-electron chi connectivity index (χ4n) is 4.27. The standard InChI is InChI=1S/C18H21N3O2S/c22-16-14-6-5-12(9-15(14)19-18(24)20-16)17(23)21-8-7-11-3-1-2-4-13(11)10-21/h5-6,9,11,13H,1-4,7-8,10H2,(H2,19,20,22,24)/t11-,13-/m1/s1. The van der Waals surface area contributed by atoms with Crippen molar-refractivity contribution in [3.05, 3.63) is 38.9 Å². The minimum Gasteiger partial charge on any atom is -0.338 e. The van der Waals surface area contributed by atoms with Gasteiger partial charge in [0.2, 0.25) is 0 Å². The summed E-state index contributed by atoms with van der Waals surface area (Å²) in [5.41, 5.74) is 1.01. The summed E-state index contributed by atoms with van der Waals surface area (Å²) < 4.78 is 0.278. The molecule has 2 aliphatic rings. The average Bonchev–Trinajstić information content (AvgIpc) is 2.60. The molecule has 0 bridgehead atoms. The molecule has 1 amide bonds. The topological polar surface area (TPSA) is 69.0 Å². The predicted molar refractivity (Wildman–Crippen MR) is 95.7 cm³/mol. The van der Waals surface area contributed by atoms with E-state index in [9.17, 15) is 9.59 Å². The first-order valence-corrected chi connectivity index (χ1v) is 9.08. The Morgan fingerprint density at radius 3 is 2.75 bits per heavy atom. The first kappa shape index (κ1) is 15.6. The van der Waals surface area contributed by atoms with Crippen LogP contribution in [0, 0.1) is 16.6 Å². The number of aromatic nitrogens is 2. The average molecular weight is 343 g/mol. The minimum absolute atomic E-state index is 0.0560. The van der Waals surface area contributed by atoms with Gasteiger partial charge in [-0.1, -0.05) is 19.3 Å². The van der Waals surface area contributed by atoms with Gasteiger partial charge in [0.1, 0.15) is 0 Å². The molecule has 6 heteroatoms. The summed E-state index contributed by atoms with van der Waals surface area (Å²) in [5, 5.41) is 0.520. The number of fused-ring (bicyclic) bond motifs is 2. The van der Waals surface area contributed by atoms with Crippen LogP contribution in [0.15, 0.2) is 23.0 Å². The Kier molecular flexibility index (Phi) is 4.00. The zero-order valence-corrected chi connectivity index (χ0v) is 14.3. The molecule has 1 saturated heterocycles. The number of likely N-dealkylation sites (tertiary alicyclic amines) is 1. The van der Waals surface area contributed by atoms with Crippen molar-refractivity contribution in [3.8, 4) is 0 Å². The maximum absolute atomic E-state index is 12.9. The number of H-pyrrole nitrogens is 2. The summed E-state index contributed by atoms with van der Waals surface area (Å²) >= 11 is 5.02. The summed E-state index contributed by atoms with van der Waals surface area (Å²) in [4.78, 5) is 32.3. The van der Waals surface area contributed by atoms with Gasteiger partial charge in [0.25, 0.3) is 11.5 Å². The van der Waals surface area contributed by atoms with Gasteiger partial charge in [-0.2, -0.15) is 0 Å². The number of nitrogens with zero attached hydrogens (tertiary/aromatic N) is 1. The van der Waals surface area contributed by atoms with Crippen LogP contribution in [0.3, 0.4) is 0 Å². The number of carbonyl (C=O) groups excluding carboxylic acids is 1. The molecule has 1 aliphatic heterocycles. The van der Waals surface area contributed by atoms with Crippen molar-refractivity contribution in [2.75, 3.05) is 13.1 Å². The number of aromatic amines is 2. The SMILES string of the molecule is O=C(c1ccc2c(=O)[nH]c(=S)[nH]c2c1)N1CC[C@H]2CCCC[C@@H]2C1. The Bertz CT molecular complexity index is 901. The Hall–Kier alpha value is -1.95. The zero-order chi connectivity index (χ0) is 16.7. The van der Waals surface area contributed by atoms with E-state index in [-0.39, 0.29) is 16.2 Å². The van der Waals surface area contributed by atoms with Crippen molar-refractivity contribution >= 4 is 29.0 Å². The monoisotopic (exact) mass is 343 g/mol. The van der Waals surface area contributed by atoms with E-state index in [1.807, 2.05) is 4.90 Å². The number of amides is 1. The zero-order valence-electron chi connectivity index (χ0n) is 13.5. The van der Waals surface area contributed by atoms with Crippen LogP contribution in [0.1, 0.15) is 42.5 Å². The highest BCUT2D eigenvalue weighted by molar-refractivity contribution is 7.71. The second kappa shape index (κ2) is 6.16. The smallest absolute Gasteiger partial charge is 0.259 e. The number of benzene rings is 1. The van der Waals surface area contributed by atoms with E-state index in [0.717, 1.165) is 25.4 Å². The number of rotatable bonds is 1. The maximum atomic E-state index is 12.9. The second-order valence-electron chi connectivity index (χ2n) is 7.01. The Balaban J connectivity index is 1.61. The third-order valence-corrected chi connectivity index (χ3v) is 5.77. The third kappa shape index (κ3) is 2.79. The van der Waals surface area contributed by atoms with Crippen LogP contribution >= 0.6 is 12.2 Å². The molecule has 2 heterocycles. The number of piperidine rings is 1. The maximum Gasteiger partial charge on any atom is 0.259 e. The number of hydrogen-bond donors (Lipinski definition) is 2. The van der Waals surface area contributed by atoms with Crippen molar-refractivity contribution in [1.29, 1.82) is 0 Å². The molecule has 1 aromatic carbocycles. The lowest BCUT2D eigenvalue weighted by molar-refractivity contribution is 0.0521. The molecule has 1 aromatic heterocycles. The highest BCUT2D eigenvalue weighted by Gasteiger charge is 2.33. The molecule has 0 unspecified atom stereocenters. The molecule has 2 aromatic rings. The van der Waals surface area contributed by atoms with Gasteiger partial charge >= 0.3 is 0 Å². The highest BCUT2D eigenvalue weighted by atomic mass is 32.1. The van der Waals surface area contributed by atoms with Gasteiger partial charge < -0.3 is 9.88 Å². The molecule has 0 radical (unpaired) electrons. The van der Waals surface area contributed by atoms with E-state index >= 15 is 0 Å². The van der Waals surface area contributed by atoms with Gasteiger partial charge in [-0.25, -0.2) is 0 Å². The van der Waals surface area contributed by atoms with E-state index in [1.54, 1.807) is 18.2 Å². The van der Waals surface area contributed by atoms with Gasteiger partial charge in [0.15, 0.2) is 4.77 Å². The van der Waals surface area contributed by atoms with E-state index < -0.39 is 0 Å². The van der Waals surface area contributed by atoms with Crippen LogP contribution in [-0.4, -0.2) is 33.9 Å². The van der Waals surface area contributed by atoms with Crippen LogP contribution in [0.2, 0.25) is 0 Å². The molecule has 4 rings (SSSR count). The number of hydrogen-bond acceptors (Lipinski definition) is 3. The normalized spacial score (nSPS) is 23.9. The molecule has 2 atom stereocenters. The van der Waals surface area contributed by atoms with E-state index in [4.69, 9.17) is 12.2 Å². The highest BCUT2D eigenvalue weighted by Crippen LogP contribution is 2.36. The fraction of sp³-hybridized carbons (Fsp3) is 0.500. The molecule has 2 N–H and O–H groups in total. The summed E-state index contributed by atoms with van der Waals surface area (Å²) in [7, 11) is 0. The Morgan fingerprint density at radius 2 is 1.92 bits per heavy atom. The lowest BCUT2D eigenvalue weighted by atomic mass is 9.75. The first-order chi connectivity index (χ1) is 11.6. The summed E-state index contributed by atoms with van der Waals surface area (Å²) in [6.45, 7) is 1.70. The molecule has 1 saturated carbocycles. The van der Waals surface area contributed by atoms with E-state index in [0.29, 0.717) is 22.4 Å². The van der Waals surface area contributed by atoms with Gasteiger partial charge in [-0.05, 0) is 55.1 Å². The Labute approximate surface area is 145 Å². The quantitative estimate of drug-likeness (QED) is 0.781. The number of nitrogens with one attached hydrogen (secondary N) is 2. The molecule has 5 nitrogen and oxygen atoms in total. The summed E-state index contributed by atoms with van der Waals surface area (Å²) in [5.74, 6) is 1.51. The largest absolute Gasteiger partial charge is 0.338 e. The third-order valence-electron chi connectivity index (χ3n) is 5.56. The van der Waals surface area contributed by atoms with Gasteiger partial charge in [0, 0.05) is 18.7 Å². The van der Waals surface area contributed by atoms with Crippen LogP contribution in [0.5, 0.6) is 0 Å². The van der Waals surface area contributed by atoms with Crippen LogP contribution in [0.25, 0.3) is 10.9 Å². The molecule has 1 aliphatic carbocycles. The molecular formula is C18H21N3O2S. The summed E-state index contributed by atoms with van der Waals surface area (Å²) in [6.07, 6.45) is 6.31. The van der Waals surface area contributed by atoms with Crippen LogP contribution < -0.4 is 5.56 Å². The van der Waals surface area contributed by atoms with Crippen molar-refractivity contribution in [2.45, 2.75) is 32.1 Å². The second-order valence-corrected chi connectivity index (χ2v) is 7.42. The van der Waals surface area contributed by atoms with Crippen molar-refractivity contribution in [1.82, 2.24) is 14.9 Å². The van der Waals surface area contributed by atoms with Gasteiger partial charge in [0.05, 0.1) is 10.9 Å².